The molecule has 3 rings (SSSR count). The molecule has 0 amide bonds. The zero-order valence-corrected chi connectivity index (χ0v) is 26.1. The molecule has 0 fully saturated rings. The number of benzene rings is 1. The first-order valence-corrected chi connectivity index (χ1v) is 12.7. The fourth-order valence-electron chi connectivity index (χ4n) is 3.85. The van der Waals surface area contributed by atoms with Gasteiger partial charge in [0.25, 0.3) is 0 Å². The van der Waals surface area contributed by atoms with E-state index in [2.05, 4.69) is 90.1 Å². The average molecular weight is 644 g/mol. The summed E-state index contributed by atoms with van der Waals surface area (Å²) < 4.78 is 0. The van der Waals surface area contributed by atoms with E-state index in [0.29, 0.717) is 0 Å². The number of allylic oxidation sites excluding steroid dienone is 4. The summed E-state index contributed by atoms with van der Waals surface area (Å²) in [6.45, 7) is 13.9. The molecule has 0 heterocycles. The molecule has 0 radical (unpaired) electrons. The first kappa shape index (κ1) is 33.4. The van der Waals surface area contributed by atoms with Crippen LogP contribution in [0.2, 0.25) is 0 Å². The van der Waals surface area contributed by atoms with Crippen LogP contribution in [-0.4, -0.2) is 11.3 Å². The number of unbranched alkanes of at least 4 members (excludes halogenated alkanes) is 1. The molecule has 0 saturated carbocycles. The van der Waals surface area contributed by atoms with Crippen LogP contribution < -0.4 is 30.1 Å². The van der Waals surface area contributed by atoms with Crippen LogP contribution in [-0.2, 0) is 25.8 Å². The summed E-state index contributed by atoms with van der Waals surface area (Å²) in [4.78, 5) is 0. The Morgan fingerprint density at radius 1 is 1.03 bits per heavy atom. The van der Waals surface area contributed by atoms with E-state index in [1.807, 2.05) is 0 Å². The molecule has 0 N–H and O–H groups in total. The Morgan fingerprint density at radius 2 is 1.65 bits per heavy atom. The van der Waals surface area contributed by atoms with Crippen molar-refractivity contribution >= 4 is 24.0 Å². The van der Waals surface area contributed by atoms with Gasteiger partial charge in [-0.15, -0.1) is 53.7 Å². The minimum absolute atomic E-state index is 0. The van der Waals surface area contributed by atoms with Gasteiger partial charge in [-0.05, 0) is 24.2 Å². The van der Waals surface area contributed by atoms with Crippen molar-refractivity contribution in [2.45, 2.75) is 91.4 Å². The van der Waals surface area contributed by atoms with Crippen molar-refractivity contribution in [3.05, 3.63) is 59.7 Å². The van der Waals surface area contributed by atoms with Crippen LogP contribution >= 0.6 is 7.92 Å². The molecule has 0 nitrogen and oxygen atoms in total. The first-order valence-electron chi connectivity index (χ1n) is 11.2. The van der Waals surface area contributed by atoms with E-state index in [1.165, 1.54) is 54.0 Å². The minimum Gasteiger partial charge on any atom is -1.00 e. The third-order valence-electron chi connectivity index (χ3n) is 6.01. The standard InChI is InChI=1S/C17H24P.C10H15.2ClH.Hf/c1-5-13(3)18(14(4)6-2)17-11-15-9-7-8-10-16(15)12-17;1-3-4-7-10-8-5-6-9(10)2;;;/h7-14H,5-6H2,1-4H3;6H,3-5,7H2,1-2H3;2*1H;/q2*-1;;;+4/p-2. The average Bonchev–Trinajstić information content (AvgIpc) is 3.32. The topological polar surface area (TPSA) is 0 Å². The second-order valence-corrected chi connectivity index (χ2v) is 11.2. The molecule has 170 valence electrons. The Labute approximate surface area is 224 Å². The molecular weight excluding hydrogens is 605 g/mol. The molecule has 0 bridgehead atoms. The number of halogens is 2. The molecule has 0 spiro atoms. The van der Waals surface area contributed by atoms with Crippen LogP contribution in [0.25, 0.3) is 10.8 Å². The molecular formula is C27H39Cl2HfP. The Balaban J connectivity index is 0. The van der Waals surface area contributed by atoms with Crippen LogP contribution in [0.4, 0.5) is 0 Å². The summed E-state index contributed by atoms with van der Waals surface area (Å²) in [5, 5.41) is 4.42. The zero-order valence-electron chi connectivity index (χ0n) is 20.1. The number of fused-ring (bicyclic) bond motifs is 1. The van der Waals surface area contributed by atoms with Crippen molar-refractivity contribution in [3.63, 3.8) is 0 Å². The molecule has 0 aromatic heterocycles. The molecule has 2 aromatic rings. The summed E-state index contributed by atoms with van der Waals surface area (Å²) in [7, 11) is -0.0252. The van der Waals surface area contributed by atoms with Crippen molar-refractivity contribution in [3.8, 4) is 0 Å². The first-order chi connectivity index (χ1) is 13.5. The molecule has 0 saturated heterocycles. The van der Waals surface area contributed by atoms with E-state index in [-0.39, 0.29) is 58.6 Å². The van der Waals surface area contributed by atoms with E-state index in [0.717, 1.165) is 17.7 Å². The number of hydrogen-bond donors (Lipinski definition) is 0. The van der Waals surface area contributed by atoms with Gasteiger partial charge >= 0.3 is 25.8 Å². The van der Waals surface area contributed by atoms with E-state index in [1.54, 1.807) is 5.30 Å². The quantitative estimate of drug-likeness (QED) is 0.236. The molecule has 0 aliphatic heterocycles. The second kappa shape index (κ2) is 17.6. The van der Waals surface area contributed by atoms with E-state index < -0.39 is 0 Å². The van der Waals surface area contributed by atoms with Crippen LogP contribution in [0.3, 0.4) is 0 Å². The van der Waals surface area contributed by atoms with Crippen LogP contribution in [0.15, 0.2) is 53.6 Å². The van der Waals surface area contributed by atoms with Crippen LogP contribution in [0.5, 0.6) is 0 Å². The summed E-state index contributed by atoms with van der Waals surface area (Å²) in [6.07, 6.45) is 13.1. The van der Waals surface area contributed by atoms with Gasteiger partial charge in [-0.1, -0.05) is 67.9 Å². The van der Waals surface area contributed by atoms with Gasteiger partial charge in [0, 0.05) is 0 Å². The van der Waals surface area contributed by atoms with Gasteiger partial charge in [0.1, 0.15) is 0 Å². The van der Waals surface area contributed by atoms with Crippen molar-refractivity contribution < 1.29 is 50.7 Å². The largest absolute Gasteiger partial charge is 4.00 e. The second-order valence-electron chi connectivity index (χ2n) is 8.11. The maximum atomic E-state index is 3.37. The molecule has 2 aromatic carbocycles. The van der Waals surface area contributed by atoms with Crippen molar-refractivity contribution in [2.75, 3.05) is 0 Å². The fourth-order valence-corrected chi connectivity index (χ4v) is 7.10. The molecule has 2 atom stereocenters. The normalized spacial score (nSPS) is 15.2. The third-order valence-corrected chi connectivity index (χ3v) is 9.50. The monoisotopic (exact) mass is 644 g/mol. The molecule has 1 aliphatic rings. The number of rotatable bonds is 8. The van der Waals surface area contributed by atoms with Crippen molar-refractivity contribution in [2.24, 2.45) is 0 Å². The Hall–Kier alpha value is 0.190. The molecule has 1 aliphatic carbocycles. The summed E-state index contributed by atoms with van der Waals surface area (Å²) >= 11 is 0. The summed E-state index contributed by atoms with van der Waals surface area (Å²) in [6, 6.07) is 13.6. The van der Waals surface area contributed by atoms with Gasteiger partial charge in [0.2, 0.25) is 0 Å². The third kappa shape index (κ3) is 9.92. The smallest absolute Gasteiger partial charge is 1.00 e. The number of hydrogen-bond acceptors (Lipinski definition) is 0. The summed E-state index contributed by atoms with van der Waals surface area (Å²) in [5.41, 5.74) is 4.56. The van der Waals surface area contributed by atoms with Gasteiger partial charge in [-0.3, -0.25) is 6.08 Å². The predicted octanol–water partition coefficient (Wildman–Crippen LogP) is 2.52. The van der Waals surface area contributed by atoms with Crippen molar-refractivity contribution in [1.29, 1.82) is 0 Å². The fraction of sp³-hybridized carbons (Fsp3) is 0.519. The summed E-state index contributed by atoms with van der Waals surface area (Å²) in [5.74, 6) is 0. The minimum atomic E-state index is -0.0252. The van der Waals surface area contributed by atoms with E-state index in [9.17, 15) is 0 Å². The Morgan fingerprint density at radius 3 is 2.13 bits per heavy atom. The Kier molecular flexibility index (Phi) is 19.0. The molecule has 4 heteroatoms. The maximum absolute atomic E-state index is 3.37. The van der Waals surface area contributed by atoms with E-state index >= 15 is 0 Å². The van der Waals surface area contributed by atoms with Gasteiger partial charge in [-0.25, -0.2) is 11.1 Å². The Bertz CT molecular complexity index is 750. The molecule has 31 heavy (non-hydrogen) atoms. The molecule has 2 unspecified atom stereocenters. The van der Waals surface area contributed by atoms with Gasteiger partial charge in [0.15, 0.2) is 0 Å². The van der Waals surface area contributed by atoms with Crippen LogP contribution in [0.1, 0.15) is 80.1 Å². The van der Waals surface area contributed by atoms with Gasteiger partial charge in [0.05, 0.1) is 0 Å². The SMILES string of the molecule is CCC(C)P(c1cc2ccccc2[cH-]1)C(C)CC.CCCCC1=[C-]CC=C1C.[Cl-].[Cl-].[Hf+4]. The van der Waals surface area contributed by atoms with Gasteiger partial charge in [-0.2, -0.15) is 12.1 Å². The predicted molar refractivity (Wildman–Crippen MR) is 130 cm³/mol. The van der Waals surface area contributed by atoms with E-state index in [4.69, 9.17) is 0 Å². The zero-order chi connectivity index (χ0) is 20.5. The van der Waals surface area contributed by atoms with Gasteiger partial charge < -0.3 is 24.8 Å². The maximum Gasteiger partial charge on any atom is 4.00 e. The van der Waals surface area contributed by atoms with Crippen molar-refractivity contribution in [1.82, 2.24) is 0 Å². The van der Waals surface area contributed by atoms with Crippen LogP contribution in [0, 0.1) is 6.08 Å².